The van der Waals surface area contributed by atoms with E-state index in [4.69, 9.17) is 9.72 Å². The summed E-state index contributed by atoms with van der Waals surface area (Å²) in [6, 6.07) is 0.779. The molecule has 19 heavy (non-hydrogen) atoms. The van der Waals surface area contributed by atoms with Crippen molar-refractivity contribution in [3.63, 3.8) is 0 Å². The van der Waals surface area contributed by atoms with Crippen LogP contribution in [0.25, 0.3) is 0 Å². The molecule has 1 aromatic rings. The molecule has 2 aliphatic rings. The molecule has 2 unspecified atom stereocenters. The number of hydrogen-bond acceptors (Lipinski definition) is 4. The first kappa shape index (κ1) is 13.5. The van der Waals surface area contributed by atoms with Gasteiger partial charge in [-0.25, -0.2) is 4.98 Å². The monoisotopic (exact) mass is 280 g/mol. The van der Waals surface area contributed by atoms with Crippen molar-refractivity contribution in [2.75, 3.05) is 13.2 Å². The second-order valence-corrected chi connectivity index (χ2v) is 7.71. The Bertz CT molecular complexity index is 434. The summed E-state index contributed by atoms with van der Waals surface area (Å²) in [7, 11) is 0. The molecule has 1 saturated heterocycles. The van der Waals surface area contributed by atoms with Crippen molar-refractivity contribution in [2.45, 2.75) is 57.6 Å². The minimum Gasteiger partial charge on any atom is -0.372 e. The normalized spacial score (nSPS) is 27.9. The van der Waals surface area contributed by atoms with E-state index in [-0.39, 0.29) is 11.5 Å². The zero-order chi connectivity index (χ0) is 13.5. The molecule has 0 amide bonds. The first-order valence-electron chi connectivity index (χ1n) is 7.35. The molecule has 1 saturated carbocycles. The number of thiazole rings is 1. The summed E-state index contributed by atoms with van der Waals surface area (Å²) < 4.78 is 5.93. The number of ether oxygens (including phenoxy) is 1. The summed E-state index contributed by atoms with van der Waals surface area (Å²) in [5.41, 5.74) is 1.29. The molecule has 0 aromatic carbocycles. The SMILES string of the molecule is CC(C)(C)c1nc(C2OCCC2CNC2CC2)cs1. The number of nitrogens with zero attached hydrogens (tertiary/aromatic N) is 1. The van der Waals surface area contributed by atoms with Crippen LogP contribution in [-0.4, -0.2) is 24.2 Å². The van der Waals surface area contributed by atoms with Crippen molar-refractivity contribution in [2.24, 2.45) is 5.92 Å². The molecule has 4 heteroatoms. The van der Waals surface area contributed by atoms with E-state index in [1.165, 1.54) is 17.8 Å². The molecule has 2 atom stereocenters. The van der Waals surface area contributed by atoms with Gasteiger partial charge >= 0.3 is 0 Å². The van der Waals surface area contributed by atoms with Crippen LogP contribution in [0.15, 0.2) is 5.38 Å². The lowest BCUT2D eigenvalue weighted by atomic mass is 9.97. The predicted molar refractivity (Wildman–Crippen MR) is 78.6 cm³/mol. The van der Waals surface area contributed by atoms with E-state index in [1.54, 1.807) is 11.3 Å². The zero-order valence-corrected chi connectivity index (χ0v) is 12.9. The molecule has 106 valence electrons. The smallest absolute Gasteiger partial charge is 0.104 e. The summed E-state index contributed by atoms with van der Waals surface area (Å²) in [4.78, 5) is 4.82. The number of aromatic nitrogens is 1. The molecular weight excluding hydrogens is 256 g/mol. The Morgan fingerprint density at radius 2 is 2.16 bits per heavy atom. The van der Waals surface area contributed by atoms with Crippen LogP contribution in [0.1, 0.15) is 56.8 Å². The fourth-order valence-corrected chi connectivity index (χ4v) is 3.47. The summed E-state index contributed by atoms with van der Waals surface area (Å²) in [6.45, 7) is 8.62. The molecule has 2 heterocycles. The number of hydrogen-bond donors (Lipinski definition) is 1. The third kappa shape index (κ3) is 3.18. The van der Waals surface area contributed by atoms with E-state index in [0.29, 0.717) is 5.92 Å². The Morgan fingerprint density at radius 3 is 2.79 bits per heavy atom. The maximum absolute atomic E-state index is 5.93. The number of rotatable bonds is 4. The lowest BCUT2D eigenvalue weighted by Gasteiger charge is -2.18. The molecule has 0 radical (unpaired) electrons. The third-order valence-corrected chi connectivity index (χ3v) is 5.20. The van der Waals surface area contributed by atoms with Gasteiger partial charge < -0.3 is 10.1 Å². The van der Waals surface area contributed by atoms with Crippen LogP contribution in [0.3, 0.4) is 0 Å². The van der Waals surface area contributed by atoms with Gasteiger partial charge in [0.1, 0.15) is 6.10 Å². The van der Waals surface area contributed by atoms with Gasteiger partial charge in [0.05, 0.1) is 10.7 Å². The minimum absolute atomic E-state index is 0.142. The van der Waals surface area contributed by atoms with Gasteiger partial charge in [-0.3, -0.25) is 0 Å². The van der Waals surface area contributed by atoms with Gasteiger partial charge in [0.15, 0.2) is 0 Å². The van der Waals surface area contributed by atoms with Crippen molar-refractivity contribution in [3.05, 3.63) is 16.1 Å². The van der Waals surface area contributed by atoms with Crippen LogP contribution in [0.4, 0.5) is 0 Å². The fourth-order valence-electron chi connectivity index (χ4n) is 2.54. The fraction of sp³-hybridized carbons (Fsp3) is 0.800. The highest BCUT2D eigenvalue weighted by molar-refractivity contribution is 7.09. The van der Waals surface area contributed by atoms with E-state index >= 15 is 0 Å². The van der Waals surface area contributed by atoms with Crippen LogP contribution in [-0.2, 0) is 10.2 Å². The van der Waals surface area contributed by atoms with Crippen molar-refractivity contribution < 1.29 is 4.74 Å². The standard InChI is InChI=1S/C15H24N2OS/c1-15(2,3)14-17-12(9-19-14)13-10(6-7-18-13)8-16-11-4-5-11/h9-11,13,16H,4-8H2,1-3H3. The predicted octanol–water partition coefficient (Wildman–Crippen LogP) is 3.27. The average Bonchev–Trinajstić information content (AvgIpc) is 2.87. The average molecular weight is 280 g/mol. The second kappa shape index (κ2) is 5.15. The molecule has 3 nitrogen and oxygen atoms in total. The Kier molecular flexibility index (Phi) is 3.67. The molecule has 1 aliphatic carbocycles. The lowest BCUT2D eigenvalue weighted by Crippen LogP contribution is -2.26. The third-order valence-electron chi connectivity index (χ3n) is 3.92. The van der Waals surface area contributed by atoms with Crippen LogP contribution in [0.2, 0.25) is 0 Å². The van der Waals surface area contributed by atoms with Crippen LogP contribution in [0, 0.1) is 5.92 Å². The zero-order valence-electron chi connectivity index (χ0n) is 12.1. The van der Waals surface area contributed by atoms with E-state index in [9.17, 15) is 0 Å². The maximum atomic E-state index is 5.93. The van der Waals surface area contributed by atoms with Crippen molar-refractivity contribution in [1.82, 2.24) is 10.3 Å². The largest absolute Gasteiger partial charge is 0.372 e. The first-order chi connectivity index (χ1) is 9.04. The molecule has 1 aromatic heterocycles. The van der Waals surface area contributed by atoms with Crippen molar-refractivity contribution >= 4 is 11.3 Å². The Balaban J connectivity index is 1.67. The van der Waals surface area contributed by atoms with Gasteiger partial charge in [0.25, 0.3) is 0 Å². The van der Waals surface area contributed by atoms with Gasteiger partial charge in [-0.1, -0.05) is 20.8 Å². The number of nitrogens with one attached hydrogen (secondary N) is 1. The van der Waals surface area contributed by atoms with Gasteiger partial charge in [0.2, 0.25) is 0 Å². The van der Waals surface area contributed by atoms with E-state index in [2.05, 4.69) is 31.5 Å². The highest BCUT2D eigenvalue weighted by atomic mass is 32.1. The minimum atomic E-state index is 0.142. The molecule has 1 aliphatic heterocycles. The first-order valence-corrected chi connectivity index (χ1v) is 8.23. The lowest BCUT2D eigenvalue weighted by molar-refractivity contribution is 0.0873. The van der Waals surface area contributed by atoms with E-state index in [1.807, 2.05) is 0 Å². The second-order valence-electron chi connectivity index (χ2n) is 6.85. The molecule has 3 rings (SSSR count). The molecule has 2 fully saturated rings. The Morgan fingerprint density at radius 1 is 1.37 bits per heavy atom. The van der Waals surface area contributed by atoms with E-state index in [0.717, 1.165) is 31.3 Å². The van der Waals surface area contributed by atoms with Gasteiger partial charge in [-0.2, -0.15) is 0 Å². The van der Waals surface area contributed by atoms with Crippen LogP contribution < -0.4 is 5.32 Å². The highest BCUT2D eigenvalue weighted by Crippen LogP contribution is 2.37. The molecule has 0 bridgehead atoms. The summed E-state index contributed by atoms with van der Waals surface area (Å²) in [5, 5.41) is 7.04. The quantitative estimate of drug-likeness (QED) is 0.919. The topological polar surface area (TPSA) is 34.1 Å². The van der Waals surface area contributed by atoms with Gasteiger partial charge in [-0.05, 0) is 19.3 Å². The molecule has 0 spiro atoms. The Hall–Kier alpha value is -0.450. The van der Waals surface area contributed by atoms with Gasteiger partial charge in [0, 0.05) is 35.9 Å². The summed E-state index contributed by atoms with van der Waals surface area (Å²) >= 11 is 1.77. The summed E-state index contributed by atoms with van der Waals surface area (Å²) in [5.74, 6) is 0.593. The molecule has 1 N–H and O–H groups in total. The summed E-state index contributed by atoms with van der Waals surface area (Å²) in [6.07, 6.45) is 4.07. The van der Waals surface area contributed by atoms with Crippen LogP contribution >= 0.6 is 11.3 Å². The Labute approximate surface area is 119 Å². The maximum Gasteiger partial charge on any atom is 0.104 e. The van der Waals surface area contributed by atoms with Crippen molar-refractivity contribution in [3.8, 4) is 0 Å². The van der Waals surface area contributed by atoms with Crippen molar-refractivity contribution in [1.29, 1.82) is 0 Å². The van der Waals surface area contributed by atoms with E-state index < -0.39 is 0 Å². The molecular formula is C15H24N2OS. The van der Waals surface area contributed by atoms with Crippen LogP contribution in [0.5, 0.6) is 0 Å². The highest BCUT2D eigenvalue weighted by Gasteiger charge is 2.33. The van der Waals surface area contributed by atoms with Gasteiger partial charge in [-0.15, -0.1) is 11.3 Å².